The molecule has 1 N–H and O–H groups in total. The molecule has 0 amide bonds. The number of aliphatic hydroxyl groups is 1. The highest BCUT2D eigenvalue weighted by Crippen LogP contribution is 2.61. The van der Waals surface area contributed by atoms with Crippen molar-refractivity contribution in [1.29, 1.82) is 0 Å². The van der Waals surface area contributed by atoms with E-state index in [1.54, 1.807) is 0 Å². The number of carbonyl (C=O) groups excluding carboxylic acids is 1. The molecule has 0 aliphatic heterocycles. The maximum absolute atomic E-state index is 10.8. The van der Waals surface area contributed by atoms with Crippen LogP contribution in [0.4, 0.5) is 0 Å². The molecule has 2 heteroatoms. The van der Waals surface area contributed by atoms with Crippen molar-refractivity contribution in [2.24, 2.45) is 22.7 Å². The first-order valence-corrected chi connectivity index (χ1v) is 8.28. The van der Waals surface area contributed by atoms with Gasteiger partial charge in [-0.1, -0.05) is 38.5 Å². The second-order valence-electron chi connectivity index (χ2n) is 7.78. The Labute approximate surface area is 129 Å². The van der Waals surface area contributed by atoms with Crippen molar-refractivity contribution in [2.75, 3.05) is 6.61 Å². The molecule has 0 radical (unpaired) electrons. The Bertz CT molecular complexity index is 450. The van der Waals surface area contributed by atoms with Gasteiger partial charge in [-0.25, -0.2) is 0 Å². The molecule has 0 bridgehead atoms. The van der Waals surface area contributed by atoms with Crippen LogP contribution in [0.15, 0.2) is 23.8 Å². The van der Waals surface area contributed by atoms with E-state index >= 15 is 0 Å². The smallest absolute Gasteiger partial charge is 0.145 e. The van der Waals surface area contributed by atoms with Gasteiger partial charge in [-0.15, -0.1) is 0 Å². The molecule has 0 aromatic carbocycles. The van der Waals surface area contributed by atoms with E-state index in [1.165, 1.54) is 18.4 Å². The van der Waals surface area contributed by atoms with Crippen molar-refractivity contribution in [3.63, 3.8) is 0 Å². The third kappa shape index (κ3) is 2.88. The van der Waals surface area contributed by atoms with Crippen LogP contribution in [0.3, 0.4) is 0 Å². The first-order chi connectivity index (χ1) is 9.87. The van der Waals surface area contributed by atoms with E-state index in [4.69, 9.17) is 0 Å². The first kappa shape index (κ1) is 16.5. The van der Waals surface area contributed by atoms with Crippen LogP contribution in [0.5, 0.6) is 0 Å². The van der Waals surface area contributed by atoms with Gasteiger partial charge in [-0.05, 0) is 67.3 Å². The van der Waals surface area contributed by atoms with Crippen LogP contribution in [0, 0.1) is 22.7 Å². The predicted molar refractivity (Wildman–Crippen MR) is 86.9 cm³/mol. The van der Waals surface area contributed by atoms with Gasteiger partial charge in [0.05, 0.1) is 0 Å². The minimum absolute atomic E-state index is 0.0510. The molecule has 2 aliphatic rings. The average Bonchev–Trinajstić information content (AvgIpc) is 2.45. The molecule has 2 nitrogen and oxygen atoms in total. The normalized spacial score (nSPS) is 40.8. The second-order valence-corrected chi connectivity index (χ2v) is 7.78. The number of carbonyl (C=O) groups is 1. The van der Waals surface area contributed by atoms with Crippen LogP contribution in [-0.4, -0.2) is 18.0 Å². The van der Waals surface area contributed by atoms with Crippen molar-refractivity contribution < 1.29 is 9.90 Å². The molecule has 0 aromatic rings. The summed E-state index contributed by atoms with van der Waals surface area (Å²) in [6, 6.07) is 0. The van der Waals surface area contributed by atoms with E-state index in [-0.39, 0.29) is 17.4 Å². The Morgan fingerprint density at radius 2 is 2.14 bits per heavy atom. The molecule has 2 fully saturated rings. The van der Waals surface area contributed by atoms with Crippen molar-refractivity contribution in [2.45, 2.75) is 59.3 Å². The first-order valence-electron chi connectivity index (χ1n) is 8.28. The highest BCUT2D eigenvalue weighted by molar-refractivity contribution is 5.71. The molecule has 0 aromatic heterocycles. The van der Waals surface area contributed by atoms with E-state index < -0.39 is 0 Å². The SMILES string of the molecule is C=C1CCC2[C@](C)(CO)CCC[C@]2(C)[C@H]1C/C=C(\C)C=O. The van der Waals surface area contributed by atoms with Gasteiger partial charge in [0.15, 0.2) is 0 Å². The molecular weight excluding hydrogens is 260 g/mol. The second kappa shape index (κ2) is 6.08. The van der Waals surface area contributed by atoms with E-state index in [1.807, 2.05) is 6.92 Å². The Morgan fingerprint density at radius 1 is 1.43 bits per heavy atom. The number of fused-ring (bicyclic) bond motifs is 1. The highest BCUT2D eigenvalue weighted by atomic mass is 16.3. The fourth-order valence-corrected chi connectivity index (χ4v) is 5.06. The fraction of sp³-hybridized carbons (Fsp3) is 0.737. The highest BCUT2D eigenvalue weighted by Gasteiger charge is 2.53. The molecule has 0 heterocycles. The minimum atomic E-state index is 0.0510. The quantitative estimate of drug-likeness (QED) is 0.476. The van der Waals surface area contributed by atoms with Gasteiger partial charge in [0.1, 0.15) is 6.29 Å². The molecule has 2 rings (SSSR count). The molecule has 0 saturated heterocycles. The zero-order valence-electron chi connectivity index (χ0n) is 13.8. The summed E-state index contributed by atoms with van der Waals surface area (Å²) in [5, 5.41) is 9.93. The number of hydrogen-bond acceptors (Lipinski definition) is 2. The van der Waals surface area contributed by atoms with Crippen molar-refractivity contribution >= 4 is 6.29 Å². The average molecular weight is 290 g/mol. The Kier molecular flexibility index (Phi) is 4.77. The number of aldehydes is 1. The molecule has 1 unspecified atom stereocenters. The zero-order valence-corrected chi connectivity index (χ0v) is 13.8. The lowest BCUT2D eigenvalue weighted by molar-refractivity contribution is -0.104. The van der Waals surface area contributed by atoms with Crippen LogP contribution < -0.4 is 0 Å². The lowest BCUT2D eigenvalue weighted by atomic mass is 9.47. The maximum Gasteiger partial charge on any atom is 0.145 e. The monoisotopic (exact) mass is 290 g/mol. The molecule has 0 spiro atoms. The zero-order chi connectivity index (χ0) is 15.7. The van der Waals surface area contributed by atoms with E-state index in [9.17, 15) is 9.90 Å². The van der Waals surface area contributed by atoms with E-state index in [0.717, 1.165) is 37.5 Å². The third-order valence-corrected chi connectivity index (χ3v) is 6.37. The summed E-state index contributed by atoms with van der Waals surface area (Å²) in [5.74, 6) is 1.00. The Balaban J connectivity index is 2.31. The third-order valence-electron chi connectivity index (χ3n) is 6.37. The van der Waals surface area contributed by atoms with Crippen LogP contribution >= 0.6 is 0 Å². The molecule has 118 valence electrons. The van der Waals surface area contributed by atoms with Crippen molar-refractivity contribution in [3.05, 3.63) is 23.8 Å². The number of allylic oxidation sites excluding steroid dienone is 3. The van der Waals surface area contributed by atoms with Gasteiger partial charge in [-0.2, -0.15) is 0 Å². The molecule has 2 saturated carbocycles. The van der Waals surface area contributed by atoms with Gasteiger partial charge in [-0.3, -0.25) is 4.79 Å². The lowest BCUT2D eigenvalue weighted by Gasteiger charge is -2.58. The number of hydrogen-bond donors (Lipinski definition) is 1. The summed E-state index contributed by atoms with van der Waals surface area (Å²) in [6.07, 6.45) is 9.67. The minimum Gasteiger partial charge on any atom is -0.396 e. The summed E-state index contributed by atoms with van der Waals surface area (Å²) in [5.41, 5.74) is 2.42. The van der Waals surface area contributed by atoms with Gasteiger partial charge in [0.2, 0.25) is 0 Å². The lowest BCUT2D eigenvalue weighted by Crippen LogP contribution is -2.51. The van der Waals surface area contributed by atoms with Gasteiger partial charge in [0, 0.05) is 6.61 Å². The molecule has 21 heavy (non-hydrogen) atoms. The van der Waals surface area contributed by atoms with Gasteiger partial charge >= 0.3 is 0 Å². The standard InChI is InChI=1S/C19H30O2/c1-14(12-20)6-8-16-15(2)7-9-17-18(3,13-21)10-5-11-19(16,17)4/h6,12,16-17,21H,2,5,7-11,13H2,1,3-4H3/b14-6+/t16-,17?,18-,19+/m0/s1. The summed E-state index contributed by atoms with van der Waals surface area (Å²) >= 11 is 0. The Morgan fingerprint density at radius 3 is 2.76 bits per heavy atom. The van der Waals surface area contributed by atoms with E-state index in [0.29, 0.717) is 11.8 Å². The van der Waals surface area contributed by atoms with Crippen molar-refractivity contribution in [1.82, 2.24) is 0 Å². The topological polar surface area (TPSA) is 37.3 Å². The summed E-state index contributed by atoms with van der Waals surface area (Å²) in [6.45, 7) is 11.1. The van der Waals surface area contributed by atoms with Crippen LogP contribution in [-0.2, 0) is 4.79 Å². The summed E-state index contributed by atoms with van der Waals surface area (Å²) in [4.78, 5) is 10.8. The van der Waals surface area contributed by atoms with E-state index in [2.05, 4.69) is 26.5 Å². The van der Waals surface area contributed by atoms with Gasteiger partial charge < -0.3 is 5.11 Å². The number of aliphatic hydroxyl groups excluding tert-OH is 1. The van der Waals surface area contributed by atoms with Crippen LogP contribution in [0.25, 0.3) is 0 Å². The summed E-state index contributed by atoms with van der Waals surface area (Å²) < 4.78 is 0. The predicted octanol–water partition coefficient (Wildman–Crippen LogP) is 4.29. The molecule has 4 atom stereocenters. The van der Waals surface area contributed by atoms with Crippen LogP contribution in [0.1, 0.15) is 59.3 Å². The van der Waals surface area contributed by atoms with Crippen LogP contribution in [0.2, 0.25) is 0 Å². The van der Waals surface area contributed by atoms with Gasteiger partial charge in [0.25, 0.3) is 0 Å². The summed E-state index contributed by atoms with van der Waals surface area (Å²) in [7, 11) is 0. The number of rotatable bonds is 4. The molecular formula is C19H30O2. The molecule has 2 aliphatic carbocycles. The Hall–Kier alpha value is -0.890. The van der Waals surface area contributed by atoms with Crippen molar-refractivity contribution in [3.8, 4) is 0 Å². The fourth-order valence-electron chi connectivity index (χ4n) is 5.06. The maximum atomic E-state index is 10.8. The largest absolute Gasteiger partial charge is 0.396 e.